The Bertz CT molecular complexity index is 485. The Labute approximate surface area is 84.3 Å². The first-order valence-electron chi connectivity index (χ1n) is 4.45. The smallest absolute Gasteiger partial charge is 0.256 e. The molecule has 0 aliphatic carbocycles. The quantitative estimate of drug-likeness (QED) is 0.713. The SMILES string of the molecule is Cc1cccc2c1cnn2CC(F)(F)F. The summed E-state index contributed by atoms with van der Waals surface area (Å²) in [4.78, 5) is 0. The number of hydrogen-bond donors (Lipinski definition) is 0. The van der Waals surface area contributed by atoms with E-state index in [9.17, 15) is 13.2 Å². The van der Waals surface area contributed by atoms with Gasteiger partial charge in [0.1, 0.15) is 6.54 Å². The van der Waals surface area contributed by atoms with Crippen LogP contribution in [0.4, 0.5) is 13.2 Å². The summed E-state index contributed by atoms with van der Waals surface area (Å²) in [6.45, 7) is 0.807. The van der Waals surface area contributed by atoms with Gasteiger partial charge in [0.15, 0.2) is 0 Å². The third-order valence-electron chi connectivity index (χ3n) is 2.23. The molecule has 80 valence electrons. The highest BCUT2D eigenvalue weighted by Crippen LogP contribution is 2.22. The molecule has 0 unspecified atom stereocenters. The summed E-state index contributed by atoms with van der Waals surface area (Å²) >= 11 is 0. The van der Waals surface area contributed by atoms with E-state index in [-0.39, 0.29) is 0 Å². The predicted octanol–water partition coefficient (Wildman–Crippen LogP) is 2.91. The second kappa shape index (κ2) is 3.25. The Morgan fingerprint density at radius 3 is 2.73 bits per heavy atom. The topological polar surface area (TPSA) is 17.8 Å². The Morgan fingerprint density at radius 2 is 2.07 bits per heavy atom. The van der Waals surface area contributed by atoms with Crippen molar-refractivity contribution in [2.45, 2.75) is 19.6 Å². The maximum Gasteiger partial charge on any atom is 0.408 e. The fourth-order valence-corrected chi connectivity index (χ4v) is 1.54. The van der Waals surface area contributed by atoms with Gasteiger partial charge in [-0.2, -0.15) is 18.3 Å². The van der Waals surface area contributed by atoms with Crippen LogP contribution in [0.3, 0.4) is 0 Å². The molecule has 5 heteroatoms. The first kappa shape index (κ1) is 10.0. The average molecular weight is 214 g/mol. The summed E-state index contributed by atoms with van der Waals surface area (Å²) < 4.78 is 37.5. The van der Waals surface area contributed by atoms with E-state index in [2.05, 4.69) is 5.10 Å². The first-order chi connectivity index (χ1) is 6.97. The van der Waals surface area contributed by atoms with E-state index in [0.717, 1.165) is 15.6 Å². The highest BCUT2D eigenvalue weighted by Gasteiger charge is 2.29. The molecule has 0 saturated carbocycles. The zero-order valence-electron chi connectivity index (χ0n) is 8.04. The number of rotatable bonds is 1. The second-order valence-electron chi connectivity index (χ2n) is 3.43. The van der Waals surface area contributed by atoms with Crippen molar-refractivity contribution < 1.29 is 13.2 Å². The lowest BCUT2D eigenvalue weighted by Crippen LogP contribution is -2.18. The van der Waals surface area contributed by atoms with Gasteiger partial charge in [-0.1, -0.05) is 12.1 Å². The Morgan fingerprint density at radius 1 is 1.33 bits per heavy atom. The van der Waals surface area contributed by atoms with E-state index < -0.39 is 12.7 Å². The third-order valence-corrected chi connectivity index (χ3v) is 2.23. The molecular formula is C10H9F3N2. The van der Waals surface area contributed by atoms with Crippen LogP contribution >= 0.6 is 0 Å². The Hall–Kier alpha value is -1.52. The molecule has 2 rings (SSSR count). The predicted molar refractivity (Wildman–Crippen MR) is 50.5 cm³/mol. The summed E-state index contributed by atoms with van der Waals surface area (Å²) in [6.07, 6.45) is -2.76. The number of aromatic nitrogens is 2. The fraction of sp³-hybridized carbons (Fsp3) is 0.300. The lowest BCUT2D eigenvalue weighted by atomic mass is 10.1. The number of nitrogens with zero attached hydrogens (tertiary/aromatic N) is 2. The maximum atomic E-state index is 12.2. The molecule has 15 heavy (non-hydrogen) atoms. The Kier molecular flexibility index (Phi) is 2.17. The van der Waals surface area contributed by atoms with Gasteiger partial charge in [-0.05, 0) is 18.6 Å². The zero-order chi connectivity index (χ0) is 11.1. The molecule has 0 saturated heterocycles. The van der Waals surface area contributed by atoms with Gasteiger partial charge >= 0.3 is 6.18 Å². The number of hydrogen-bond acceptors (Lipinski definition) is 1. The molecule has 1 aromatic heterocycles. The van der Waals surface area contributed by atoms with E-state index in [1.165, 1.54) is 6.20 Å². The lowest BCUT2D eigenvalue weighted by molar-refractivity contribution is -0.141. The van der Waals surface area contributed by atoms with Crippen molar-refractivity contribution in [1.82, 2.24) is 9.78 Å². The van der Waals surface area contributed by atoms with Gasteiger partial charge in [0, 0.05) is 5.39 Å². The third kappa shape index (κ3) is 1.95. The number of benzene rings is 1. The lowest BCUT2D eigenvalue weighted by Gasteiger charge is -2.07. The highest BCUT2D eigenvalue weighted by molar-refractivity contribution is 5.81. The summed E-state index contributed by atoms with van der Waals surface area (Å²) in [5.74, 6) is 0. The molecule has 0 aliphatic heterocycles. The van der Waals surface area contributed by atoms with Crippen molar-refractivity contribution in [3.8, 4) is 0 Å². The molecule has 0 spiro atoms. The van der Waals surface area contributed by atoms with Crippen LogP contribution in [0.25, 0.3) is 10.9 Å². The van der Waals surface area contributed by atoms with Crippen LogP contribution in [0.2, 0.25) is 0 Å². The minimum absolute atomic E-state index is 0.521. The standard InChI is InChI=1S/C10H9F3N2/c1-7-3-2-4-9-8(7)5-14-15(9)6-10(11,12)13/h2-5H,6H2,1H3. The maximum absolute atomic E-state index is 12.2. The molecule has 0 fully saturated rings. The van der Waals surface area contributed by atoms with Gasteiger partial charge in [-0.3, -0.25) is 4.68 Å². The zero-order valence-corrected chi connectivity index (χ0v) is 8.04. The van der Waals surface area contributed by atoms with Crippen molar-refractivity contribution in [2.75, 3.05) is 0 Å². The number of halogens is 3. The van der Waals surface area contributed by atoms with E-state index in [1.54, 1.807) is 12.1 Å². The summed E-state index contributed by atoms with van der Waals surface area (Å²) in [7, 11) is 0. The van der Waals surface area contributed by atoms with Crippen molar-refractivity contribution >= 4 is 10.9 Å². The monoisotopic (exact) mass is 214 g/mol. The second-order valence-corrected chi connectivity index (χ2v) is 3.43. The molecule has 0 aliphatic rings. The van der Waals surface area contributed by atoms with Crippen LogP contribution in [0.1, 0.15) is 5.56 Å². The fourth-order valence-electron chi connectivity index (χ4n) is 1.54. The average Bonchev–Trinajstić information content (AvgIpc) is 2.48. The van der Waals surface area contributed by atoms with Crippen LogP contribution < -0.4 is 0 Å². The summed E-state index contributed by atoms with van der Waals surface area (Å²) in [5.41, 5.74) is 1.45. The van der Waals surface area contributed by atoms with Gasteiger partial charge in [-0.15, -0.1) is 0 Å². The van der Waals surface area contributed by atoms with Crippen molar-refractivity contribution in [1.29, 1.82) is 0 Å². The van der Waals surface area contributed by atoms with Crippen LogP contribution in [0.5, 0.6) is 0 Å². The first-order valence-corrected chi connectivity index (χ1v) is 4.45. The van der Waals surface area contributed by atoms with Crippen molar-refractivity contribution in [3.05, 3.63) is 30.0 Å². The minimum Gasteiger partial charge on any atom is -0.256 e. The van der Waals surface area contributed by atoms with Gasteiger partial charge in [0.25, 0.3) is 0 Å². The van der Waals surface area contributed by atoms with Crippen LogP contribution in [0, 0.1) is 6.92 Å². The van der Waals surface area contributed by atoms with Gasteiger partial charge in [0.2, 0.25) is 0 Å². The Balaban J connectivity index is 2.50. The molecule has 0 radical (unpaired) electrons. The molecule has 1 aromatic carbocycles. The van der Waals surface area contributed by atoms with Crippen LogP contribution in [0.15, 0.2) is 24.4 Å². The number of aryl methyl sites for hydroxylation is 1. The summed E-state index contributed by atoms with van der Waals surface area (Å²) in [5, 5.41) is 4.50. The number of alkyl halides is 3. The van der Waals surface area contributed by atoms with E-state index >= 15 is 0 Å². The minimum atomic E-state index is -4.23. The highest BCUT2D eigenvalue weighted by atomic mass is 19.4. The molecule has 0 amide bonds. The van der Waals surface area contributed by atoms with Gasteiger partial charge in [0.05, 0.1) is 11.7 Å². The van der Waals surface area contributed by atoms with E-state index in [1.807, 2.05) is 13.0 Å². The largest absolute Gasteiger partial charge is 0.408 e. The van der Waals surface area contributed by atoms with E-state index in [0.29, 0.717) is 5.52 Å². The molecule has 0 atom stereocenters. The van der Waals surface area contributed by atoms with Gasteiger partial charge in [-0.25, -0.2) is 0 Å². The summed E-state index contributed by atoms with van der Waals surface area (Å²) in [6, 6.07) is 5.22. The molecular weight excluding hydrogens is 205 g/mol. The van der Waals surface area contributed by atoms with E-state index in [4.69, 9.17) is 0 Å². The van der Waals surface area contributed by atoms with Crippen molar-refractivity contribution in [2.24, 2.45) is 0 Å². The van der Waals surface area contributed by atoms with Crippen LogP contribution in [-0.2, 0) is 6.54 Å². The molecule has 0 bridgehead atoms. The van der Waals surface area contributed by atoms with Crippen molar-refractivity contribution in [3.63, 3.8) is 0 Å². The number of fused-ring (bicyclic) bond motifs is 1. The molecule has 1 heterocycles. The molecule has 2 aromatic rings. The van der Waals surface area contributed by atoms with Crippen LogP contribution in [-0.4, -0.2) is 16.0 Å². The normalized spacial score (nSPS) is 12.3. The molecule has 0 N–H and O–H groups in total. The molecule has 2 nitrogen and oxygen atoms in total. The van der Waals surface area contributed by atoms with Gasteiger partial charge < -0.3 is 0 Å².